The molecule has 174 valence electrons. The number of nitrogens with zero attached hydrogens (tertiary/aromatic N) is 3. The molecule has 0 saturated carbocycles. The average molecular weight is 493 g/mol. The van der Waals surface area contributed by atoms with Crippen LogP contribution in [-0.2, 0) is 26.2 Å². The van der Waals surface area contributed by atoms with Gasteiger partial charge in [-0.25, -0.2) is 12.8 Å². The molecule has 4 heterocycles. The fourth-order valence-electron chi connectivity index (χ4n) is 4.60. The zero-order valence-corrected chi connectivity index (χ0v) is 19.1. The number of halogens is 1. The molecule has 1 N–H and O–H groups in total. The van der Waals surface area contributed by atoms with Crippen LogP contribution in [0.15, 0.2) is 33.9 Å². The first-order chi connectivity index (χ1) is 15.8. The van der Waals surface area contributed by atoms with Crippen molar-refractivity contribution in [2.75, 3.05) is 31.1 Å². The van der Waals surface area contributed by atoms with Gasteiger partial charge in [-0.1, -0.05) is 6.07 Å². The minimum Gasteiger partial charge on any atom is -0.369 e. The molecule has 33 heavy (non-hydrogen) atoms. The van der Waals surface area contributed by atoms with Crippen molar-refractivity contribution in [3.8, 4) is 0 Å². The van der Waals surface area contributed by atoms with Crippen LogP contribution in [0.3, 0.4) is 0 Å². The summed E-state index contributed by atoms with van der Waals surface area (Å²) in [5.74, 6) is -1.92. The van der Waals surface area contributed by atoms with E-state index in [1.54, 1.807) is 17.5 Å². The summed E-state index contributed by atoms with van der Waals surface area (Å²) in [6.07, 6.45) is 0.361. The number of nitrogens with one attached hydrogen (secondary N) is 1. The fraction of sp³-hybridized carbons (Fsp3) is 0.381. The first-order valence-electron chi connectivity index (χ1n) is 10.5. The van der Waals surface area contributed by atoms with Gasteiger partial charge < -0.3 is 9.80 Å². The predicted molar refractivity (Wildman–Crippen MR) is 118 cm³/mol. The van der Waals surface area contributed by atoms with Crippen LogP contribution in [0.1, 0.15) is 28.8 Å². The summed E-state index contributed by atoms with van der Waals surface area (Å²) in [6, 6.07) is 5.00. The van der Waals surface area contributed by atoms with Crippen LogP contribution in [0, 0.1) is 5.82 Å². The minimum atomic E-state index is -3.57. The largest absolute Gasteiger partial charge is 0.369 e. The van der Waals surface area contributed by atoms with Crippen molar-refractivity contribution in [2.24, 2.45) is 0 Å². The van der Waals surface area contributed by atoms with Gasteiger partial charge in [-0.3, -0.25) is 19.7 Å². The van der Waals surface area contributed by atoms with Crippen molar-refractivity contribution in [3.63, 3.8) is 0 Å². The third-order valence-corrected chi connectivity index (χ3v) is 9.54. The number of piperidine rings is 1. The van der Waals surface area contributed by atoms with Crippen molar-refractivity contribution >= 4 is 44.8 Å². The Balaban J connectivity index is 1.37. The number of benzene rings is 1. The molecule has 1 unspecified atom stereocenters. The lowest BCUT2D eigenvalue weighted by Crippen LogP contribution is -2.52. The van der Waals surface area contributed by atoms with Gasteiger partial charge in [0.05, 0.1) is 0 Å². The molecule has 3 aliphatic rings. The highest BCUT2D eigenvalue weighted by molar-refractivity contribution is 7.91. The highest BCUT2D eigenvalue weighted by Gasteiger charge is 2.41. The van der Waals surface area contributed by atoms with Gasteiger partial charge >= 0.3 is 0 Å². The molecule has 3 amide bonds. The molecular weight excluding hydrogens is 471 g/mol. The normalized spacial score (nSPS) is 22.0. The molecule has 3 aliphatic heterocycles. The molecule has 2 saturated heterocycles. The zero-order chi connectivity index (χ0) is 23.3. The van der Waals surface area contributed by atoms with E-state index in [0.29, 0.717) is 24.3 Å². The predicted octanol–water partition coefficient (Wildman–Crippen LogP) is 1.16. The van der Waals surface area contributed by atoms with E-state index in [-0.39, 0.29) is 48.2 Å². The number of hydrogen-bond acceptors (Lipinski definition) is 7. The molecule has 1 aromatic carbocycles. The summed E-state index contributed by atoms with van der Waals surface area (Å²) in [5, 5.41) is 3.97. The number of carbonyl (C=O) groups is 3. The maximum absolute atomic E-state index is 14.5. The Hall–Kier alpha value is -2.83. The van der Waals surface area contributed by atoms with Crippen LogP contribution in [0.2, 0.25) is 0 Å². The summed E-state index contributed by atoms with van der Waals surface area (Å²) >= 11 is 1.16. The van der Waals surface area contributed by atoms with Gasteiger partial charge in [0, 0.05) is 56.0 Å². The first-order valence-corrected chi connectivity index (χ1v) is 12.8. The maximum atomic E-state index is 14.5. The van der Waals surface area contributed by atoms with Crippen molar-refractivity contribution in [1.82, 2.24) is 14.5 Å². The molecule has 0 aliphatic carbocycles. The number of anilines is 1. The monoisotopic (exact) mass is 492 g/mol. The van der Waals surface area contributed by atoms with Crippen LogP contribution in [-0.4, -0.2) is 67.6 Å². The van der Waals surface area contributed by atoms with Gasteiger partial charge in [0.2, 0.25) is 11.8 Å². The molecular formula is C21H21FN4O5S2. The van der Waals surface area contributed by atoms with E-state index in [1.807, 2.05) is 4.90 Å². The summed E-state index contributed by atoms with van der Waals surface area (Å²) in [7, 11) is -3.57. The number of carbonyl (C=O) groups excluding carboxylic acids is 3. The van der Waals surface area contributed by atoms with Gasteiger partial charge in [0.1, 0.15) is 16.1 Å². The van der Waals surface area contributed by atoms with E-state index in [2.05, 4.69) is 5.32 Å². The summed E-state index contributed by atoms with van der Waals surface area (Å²) in [6.45, 7) is 1.27. The average Bonchev–Trinajstić information content (AvgIpc) is 3.43. The van der Waals surface area contributed by atoms with Gasteiger partial charge in [0.15, 0.2) is 0 Å². The fourth-order valence-corrected chi connectivity index (χ4v) is 7.16. The van der Waals surface area contributed by atoms with Crippen LogP contribution in [0.5, 0.6) is 0 Å². The van der Waals surface area contributed by atoms with Crippen LogP contribution >= 0.6 is 11.3 Å². The second kappa shape index (κ2) is 8.19. The Kier molecular flexibility index (Phi) is 5.46. The smallest absolute Gasteiger partial charge is 0.255 e. The molecule has 12 heteroatoms. The molecule has 1 atom stereocenters. The number of rotatable bonds is 4. The summed E-state index contributed by atoms with van der Waals surface area (Å²) in [5.41, 5.74) is 1.34. The highest BCUT2D eigenvalue weighted by Crippen LogP contribution is 2.36. The highest BCUT2D eigenvalue weighted by atomic mass is 32.2. The van der Waals surface area contributed by atoms with Gasteiger partial charge in [-0.2, -0.15) is 4.31 Å². The SMILES string of the molecule is O=C1CCC(N2Cc3c(cc(F)cc3N3CCN(S(=O)(=O)c4cccs4)CC3)C2=O)C(=O)N1. The number of thiophene rings is 1. The Morgan fingerprint density at radius 1 is 1.09 bits per heavy atom. The molecule has 0 radical (unpaired) electrons. The standard InChI is InChI=1S/C21H21FN4O5S2/c22-13-10-14-15(12-26(21(14)29)16-3-4-18(27)23-20(16)28)17(11-13)24-5-7-25(8-6-24)33(30,31)19-2-1-9-32-19/h1-2,9-11,16H,3-8,12H2,(H,23,27,28). The van der Waals surface area contributed by atoms with E-state index in [1.165, 1.54) is 21.3 Å². The second-order valence-electron chi connectivity index (χ2n) is 8.17. The lowest BCUT2D eigenvalue weighted by Gasteiger charge is -2.36. The van der Waals surface area contributed by atoms with E-state index in [0.717, 1.165) is 11.3 Å². The lowest BCUT2D eigenvalue weighted by molar-refractivity contribution is -0.136. The van der Waals surface area contributed by atoms with Crippen molar-refractivity contribution in [3.05, 3.63) is 46.6 Å². The number of imide groups is 1. The molecule has 0 spiro atoms. The van der Waals surface area contributed by atoms with E-state index in [4.69, 9.17) is 0 Å². The molecule has 1 aromatic heterocycles. The third kappa shape index (κ3) is 3.81. The van der Waals surface area contributed by atoms with Crippen LogP contribution < -0.4 is 10.2 Å². The van der Waals surface area contributed by atoms with Crippen molar-refractivity contribution in [1.29, 1.82) is 0 Å². The third-order valence-electron chi connectivity index (χ3n) is 6.27. The van der Waals surface area contributed by atoms with E-state index >= 15 is 0 Å². The quantitative estimate of drug-likeness (QED) is 0.642. The Labute approximate surface area is 193 Å². The molecule has 2 aromatic rings. The van der Waals surface area contributed by atoms with Crippen LogP contribution in [0.25, 0.3) is 0 Å². The first kappa shape index (κ1) is 22.0. The van der Waals surface area contributed by atoms with Gasteiger partial charge in [0.25, 0.3) is 15.9 Å². The summed E-state index contributed by atoms with van der Waals surface area (Å²) in [4.78, 5) is 40.0. The minimum absolute atomic E-state index is 0.129. The Morgan fingerprint density at radius 3 is 2.52 bits per heavy atom. The topological polar surface area (TPSA) is 107 Å². The lowest BCUT2D eigenvalue weighted by atomic mass is 10.0. The Morgan fingerprint density at radius 2 is 1.85 bits per heavy atom. The second-order valence-corrected chi connectivity index (χ2v) is 11.3. The zero-order valence-electron chi connectivity index (χ0n) is 17.5. The molecule has 0 bridgehead atoms. The summed E-state index contributed by atoms with van der Waals surface area (Å²) < 4.78 is 41.8. The Bertz CT molecular complexity index is 1240. The number of amides is 3. The maximum Gasteiger partial charge on any atom is 0.255 e. The number of sulfonamides is 1. The van der Waals surface area contributed by atoms with Crippen molar-refractivity contribution < 1.29 is 27.2 Å². The number of fused-ring (bicyclic) bond motifs is 1. The molecule has 9 nitrogen and oxygen atoms in total. The molecule has 2 fully saturated rings. The number of hydrogen-bond donors (Lipinski definition) is 1. The van der Waals surface area contributed by atoms with Gasteiger partial charge in [-0.05, 0) is 30.0 Å². The van der Waals surface area contributed by atoms with Crippen molar-refractivity contribution in [2.45, 2.75) is 29.6 Å². The van der Waals surface area contributed by atoms with E-state index < -0.39 is 33.7 Å². The number of piperazine rings is 1. The van der Waals surface area contributed by atoms with Gasteiger partial charge in [-0.15, -0.1) is 11.3 Å². The van der Waals surface area contributed by atoms with Crippen LogP contribution in [0.4, 0.5) is 10.1 Å². The molecule has 5 rings (SSSR count). The van der Waals surface area contributed by atoms with E-state index in [9.17, 15) is 27.2 Å².